The Morgan fingerprint density at radius 1 is 1.45 bits per heavy atom. The molecular weight excluding hydrogens is 138 g/mol. The molecule has 0 heterocycles. The molecule has 11 heavy (non-hydrogen) atoms. The van der Waals surface area contributed by atoms with Gasteiger partial charge in [-0.2, -0.15) is 0 Å². The van der Waals surface area contributed by atoms with Crippen LogP contribution in [0, 0.1) is 23.7 Å². The topological polar surface area (TPSA) is 43.1 Å². The lowest BCUT2D eigenvalue weighted by Gasteiger charge is -2.20. The van der Waals surface area contributed by atoms with Gasteiger partial charge in [-0.25, -0.2) is 0 Å². The van der Waals surface area contributed by atoms with E-state index in [4.69, 9.17) is 5.73 Å². The fourth-order valence-corrected chi connectivity index (χ4v) is 2.54. The summed E-state index contributed by atoms with van der Waals surface area (Å²) < 4.78 is 0. The number of fused-ring (bicyclic) bond motifs is 2. The highest BCUT2D eigenvalue weighted by Crippen LogP contribution is 2.47. The predicted octanol–water partition coefficient (Wildman–Crippen LogP) is 0.930. The molecule has 0 aromatic rings. The molecule has 2 rings (SSSR count). The number of amides is 1. The number of nitrogens with two attached hydrogens (primary N) is 1. The largest absolute Gasteiger partial charge is 0.369 e. The van der Waals surface area contributed by atoms with Gasteiger partial charge in [0.15, 0.2) is 0 Å². The predicted molar refractivity (Wildman–Crippen MR) is 42.6 cm³/mol. The van der Waals surface area contributed by atoms with Crippen molar-refractivity contribution in [2.24, 2.45) is 29.4 Å². The summed E-state index contributed by atoms with van der Waals surface area (Å²) in [5.74, 6) is 1.55. The average Bonchev–Trinajstić information content (AvgIpc) is 2.44. The Kier molecular flexibility index (Phi) is 1.31. The average molecular weight is 151 g/mol. The van der Waals surface area contributed by atoms with Crippen molar-refractivity contribution >= 4 is 5.91 Å². The number of primary amides is 1. The van der Waals surface area contributed by atoms with Crippen LogP contribution in [-0.4, -0.2) is 5.91 Å². The van der Waals surface area contributed by atoms with E-state index in [1.807, 2.05) is 0 Å². The van der Waals surface area contributed by atoms with E-state index in [1.54, 1.807) is 0 Å². The minimum absolute atomic E-state index is 0.116. The third kappa shape index (κ3) is 0.817. The summed E-state index contributed by atoms with van der Waals surface area (Å²) in [6, 6.07) is 0. The van der Waals surface area contributed by atoms with E-state index in [0.717, 1.165) is 6.42 Å². The van der Waals surface area contributed by atoms with E-state index in [0.29, 0.717) is 17.8 Å². The van der Waals surface area contributed by atoms with Gasteiger partial charge in [0.05, 0.1) is 0 Å². The Morgan fingerprint density at radius 3 is 2.45 bits per heavy atom. The summed E-state index contributed by atoms with van der Waals surface area (Å²) in [4.78, 5) is 11.0. The third-order valence-corrected chi connectivity index (χ3v) is 3.18. The lowest BCUT2D eigenvalue weighted by Crippen LogP contribution is -2.31. The summed E-state index contributed by atoms with van der Waals surface area (Å²) in [5.41, 5.74) is 5.30. The van der Waals surface area contributed by atoms with Gasteiger partial charge in [0.2, 0.25) is 5.91 Å². The molecule has 1 amide bonds. The van der Waals surface area contributed by atoms with E-state index in [1.165, 1.54) is 0 Å². The zero-order valence-corrected chi connectivity index (χ0v) is 6.66. The molecule has 2 aliphatic rings. The first-order chi connectivity index (χ1) is 5.20. The number of rotatable bonds is 1. The minimum atomic E-state index is -0.116. The summed E-state index contributed by atoms with van der Waals surface area (Å²) in [7, 11) is 0. The van der Waals surface area contributed by atoms with E-state index in [2.05, 4.69) is 19.1 Å². The third-order valence-electron chi connectivity index (χ3n) is 3.18. The molecule has 4 atom stereocenters. The van der Waals surface area contributed by atoms with Crippen LogP contribution in [0.15, 0.2) is 12.2 Å². The Labute approximate surface area is 66.5 Å². The molecule has 1 saturated carbocycles. The van der Waals surface area contributed by atoms with Gasteiger partial charge in [-0.05, 0) is 24.2 Å². The number of hydrogen-bond donors (Lipinski definition) is 1. The Bertz CT molecular complexity index is 222. The van der Waals surface area contributed by atoms with Crippen LogP contribution >= 0.6 is 0 Å². The molecule has 2 N–H and O–H groups in total. The summed E-state index contributed by atoms with van der Waals surface area (Å²) in [6.45, 7) is 2.13. The van der Waals surface area contributed by atoms with Crippen LogP contribution in [0.3, 0.4) is 0 Å². The quantitative estimate of drug-likeness (QED) is 0.556. The number of hydrogen-bond acceptors (Lipinski definition) is 1. The van der Waals surface area contributed by atoms with Gasteiger partial charge >= 0.3 is 0 Å². The van der Waals surface area contributed by atoms with Crippen LogP contribution in [0.25, 0.3) is 0 Å². The highest BCUT2D eigenvalue weighted by atomic mass is 16.1. The molecule has 0 saturated heterocycles. The fraction of sp³-hybridized carbons (Fsp3) is 0.667. The van der Waals surface area contributed by atoms with E-state index in [-0.39, 0.29) is 11.8 Å². The van der Waals surface area contributed by atoms with Gasteiger partial charge in [-0.15, -0.1) is 0 Å². The molecule has 2 aliphatic carbocycles. The van der Waals surface area contributed by atoms with Gasteiger partial charge in [0.25, 0.3) is 0 Å². The van der Waals surface area contributed by atoms with Crippen molar-refractivity contribution < 1.29 is 4.79 Å². The van der Waals surface area contributed by atoms with Crippen LogP contribution in [0.4, 0.5) is 0 Å². The lowest BCUT2D eigenvalue weighted by atomic mass is 9.84. The first-order valence-corrected chi connectivity index (χ1v) is 4.18. The monoisotopic (exact) mass is 151 g/mol. The molecule has 60 valence electrons. The molecule has 0 aliphatic heterocycles. The van der Waals surface area contributed by atoms with Crippen molar-refractivity contribution in [1.82, 2.24) is 0 Å². The summed E-state index contributed by atoms with van der Waals surface area (Å²) >= 11 is 0. The van der Waals surface area contributed by atoms with Crippen molar-refractivity contribution in [3.05, 3.63) is 12.2 Å². The summed E-state index contributed by atoms with van der Waals surface area (Å²) in [6.07, 6.45) is 5.53. The Hall–Kier alpha value is -0.790. The molecular formula is C9H13NO. The lowest BCUT2D eigenvalue weighted by molar-refractivity contribution is -0.123. The molecule has 2 nitrogen and oxygen atoms in total. The maximum Gasteiger partial charge on any atom is 0.221 e. The molecule has 0 radical (unpaired) electrons. The molecule has 1 fully saturated rings. The molecule has 2 bridgehead atoms. The normalized spacial score (nSPS) is 46.6. The zero-order valence-electron chi connectivity index (χ0n) is 6.66. The van der Waals surface area contributed by atoms with Crippen LogP contribution in [0.5, 0.6) is 0 Å². The Balaban J connectivity index is 2.25. The second-order valence-corrected chi connectivity index (χ2v) is 3.74. The van der Waals surface area contributed by atoms with Gasteiger partial charge in [0.1, 0.15) is 0 Å². The summed E-state index contributed by atoms with van der Waals surface area (Å²) in [5, 5.41) is 0. The van der Waals surface area contributed by atoms with Crippen LogP contribution in [-0.2, 0) is 4.79 Å². The highest BCUT2D eigenvalue weighted by molar-refractivity contribution is 5.78. The standard InChI is InChI=1S/C9H13NO/c1-5-6-2-3-7(4-6)8(5)9(10)11/h2-3,5-8H,4H2,1H3,(H2,10,11)/t5-,6?,7?,8-/m0/s1. The van der Waals surface area contributed by atoms with E-state index >= 15 is 0 Å². The fourth-order valence-electron chi connectivity index (χ4n) is 2.54. The zero-order chi connectivity index (χ0) is 8.01. The maximum atomic E-state index is 11.0. The van der Waals surface area contributed by atoms with Gasteiger partial charge < -0.3 is 5.73 Å². The molecule has 0 aromatic heterocycles. The number of carbonyl (C=O) groups excluding carboxylic acids is 1. The van der Waals surface area contributed by atoms with E-state index < -0.39 is 0 Å². The van der Waals surface area contributed by atoms with Crippen LogP contribution < -0.4 is 5.73 Å². The number of allylic oxidation sites excluding steroid dienone is 2. The van der Waals surface area contributed by atoms with Gasteiger partial charge in [0, 0.05) is 5.92 Å². The molecule has 0 aromatic carbocycles. The molecule has 0 spiro atoms. The van der Waals surface area contributed by atoms with Crippen molar-refractivity contribution in [3.8, 4) is 0 Å². The van der Waals surface area contributed by atoms with Gasteiger partial charge in [-0.3, -0.25) is 4.79 Å². The number of carbonyl (C=O) groups is 1. The molecule has 2 heteroatoms. The van der Waals surface area contributed by atoms with Crippen molar-refractivity contribution in [1.29, 1.82) is 0 Å². The van der Waals surface area contributed by atoms with Crippen LogP contribution in [0.1, 0.15) is 13.3 Å². The first-order valence-electron chi connectivity index (χ1n) is 4.18. The minimum Gasteiger partial charge on any atom is -0.369 e. The first kappa shape index (κ1) is 6.89. The second-order valence-electron chi connectivity index (χ2n) is 3.74. The SMILES string of the molecule is C[C@H]1C2C=CC(C2)[C@H]1C(N)=O. The maximum absolute atomic E-state index is 11.0. The highest BCUT2D eigenvalue weighted by Gasteiger charge is 2.44. The smallest absolute Gasteiger partial charge is 0.221 e. The Morgan fingerprint density at radius 2 is 2.09 bits per heavy atom. The van der Waals surface area contributed by atoms with Crippen molar-refractivity contribution in [2.45, 2.75) is 13.3 Å². The van der Waals surface area contributed by atoms with Gasteiger partial charge in [-0.1, -0.05) is 19.1 Å². The van der Waals surface area contributed by atoms with Crippen molar-refractivity contribution in [2.75, 3.05) is 0 Å². The molecule has 2 unspecified atom stereocenters. The van der Waals surface area contributed by atoms with Crippen molar-refractivity contribution in [3.63, 3.8) is 0 Å². The van der Waals surface area contributed by atoms with Crippen LogP contribution in [0.2, 0.25) is 0 Å². The van der Waals surface area contributed by atoms with E-state index in [9.17, 15) is 4.79 Å². The second kappa shape index (κ2) is 2.10.